The van der Waals surface area contributed by atoms with Gasteiger partial charge in [0.1, 0.15) is 0 Å². The van der Waals surface area contributed by atoms with E-state index in [2.05, 4.69) is 42.8 Å². The van der Waals surface area contributed by atoms with Crippen LogP contribution < -0.4 is 5.32 Å². The number of nitrogens with zero attached hydrogens (tertiary/aromatic N) is 2. The van der Waals surface area contributed by atoms with E-state index in [1.807, 2.05) is 6.08 Å². The van der Waals surface area contributed by atoms with Gasteiger partial charge in [0, 0.05) is 19.6 Å². The van der Waals surface area contributed by atoms with E-state index >= 15 is 0 Å². The molecule has 3 heteroatoms. The summed E-state index contributed by atoms with van der Waals surface area (Å²) in [4.78, 5) is 4.59. The van der Waals surface area contributed by atoms with E-state index in [1.54, 1.807) is 0 Å². The van der Waals surface area contributed by atoms with Gasteiger partial charge in [-0.2, -0.15) is 0 Å². The van der Waals surface area contributed by atoms with Gasteiger partial charge < -0.3 is 15.1 Å². The first kappa shape index (κ1) is 13.6. The molecule has 0 radical (unpaired) electrons. The molecule has 0 aromatic heterocycles. The molecule has 0 aliphatic rings. The molecule has 0 saturated heterocycles. The molecule has 0 aromatic rings. The quantitative estimate of drug-likeness (QED) is 0.434. The summed E-state index contributed by atoms with van der Waals surface area (Å²) in [5.74, 6) is 0. The Hall–Kier alpha value is -0.380. The predicted octanol–water partition coefficient (Wildman–Crippen LogP) is 0.646. The van der Waals surface area contributed by atoms with Crippen LogP contribution in [0.2, 0.25) is 0 Å². The van der Waals surface area contributed by atoms with Crippen molar-refractivity contribution in [2.24, 2.45) is 0 Å². The maximum Gasteiger partial charge on any atom is 0.0132 e. The normalized spacial score (nSPS) is 11.2. The maximum atomic E-state index is 3.66. The SMILES string of the molecule is C=CCNCCN(C)CCCN(C)C. The standard InChI is InChI=1S/C11H25N3/c1-5-7-12-8-11-14(4)10-6-9-13(2)3/h5,12H,1,6-11H2,2-4H3. The molecule has 0 unspecified atom stereocenters. The summed E-state index contributed by atoms with van der Waals surface area (Å²) in [5, 5.41) is 3.30. The highest BCUT2D eigenvalue weighted by Gasteiger charge is 1.97. The number of rotatable bonds is 9. The fourth-order valence-electron chi connectivity index (χ4n) is 1.24. The van der Waals surface area contributed by atoms with Crippen LogP contribution in [0.25, 0.3) is 0 Å². The van der Waals surface area contributed by atoms with E-state index in [4.69, 9.17) is 0 Å². The van der Waals surface area contributed by atoms with Crippen LogP contribution in [-0.2, 0) is 0 Å². The topological polar surface area (TPSA) is 18.5 Å². The zero-order valence-corrected chi connectivity index (χ0v) is 9.92. The van der Waals surface area contributed by atoms with Crippen molar-refractivity contribution in [2.75, 3.05) is 53.9 Å². The Morgan fingerprint density at radius 2 is 1.86 bits per heavy atom. The van der Waals surface area contributed by atoms with Gasteiger partial charge in [-0.3, -0.25) is 0 Å². The van der Waals surface area contributed by atoms with Crippen molar-refractivity contribution in [2.45, 2.75) is 6.42 Å². The molecule has 3 nitrogen and oxygen atoms in total. The molecule has 0 saturated carbocycles. The third kappa shape index (κ3) is 9.71. The van der Waals surface area contributed by atoms with Crippen molar-refractivity contribution in [3.8, 4) is 0 Å². The van der Waals surface area contributed by atoms with E-state index in [1.165, 1.54) is 19.5 Å². The zero-order chi connectivity index (χ0) is 10.8. The van der Waals surface area contributed by atoms with Crippen molar-refractivity contribution in [3.63, 3.8) is 0 Å². The summed E-state index contributed by atoms with van der Waals surface area (Å²) < 4.78 is 0. The second-order valence-electron chi connectivity index (χ2n) is 3.95. The van der Waals surface area contributed by atoms with Crippen LogP contribution >= 0.6 is 0 Å². The fourth-order valence-corrected chi connectivity index (χ4v) is 1.24. The molecule has 0 heterocycles. The molecule has 0 amide bonds. The highest BCUT2D eigenvalue weighted by atomic mass is 15.1. The minimum atomic E-state index is 0.908. The van der Waals surface area contributed by atoms with Crippen LogP contribution in [0.1, 0.15) is 6.42 Å². The Morgan fingerprint density at radius 1 is 1.14 bits per heavy atom. The fraction of sp³-hybridized carbons (Fsp3) is 0.818. The first-order valence-corrected chi connectivity index (χ1v) is 5.31. The lowest BCUT2D eigenvalue weighted by atomic mass is 10.3. The summed E-state index contributed by atoms with van der Waals surface area (Å²) in [6.07, 6.45) is 3.14. The molecular formula is C11H25N3. The van der Waals surface area contributed by atoms with Crippen LogP contribution in [0, 0.1) is 0 Å². The summed E-state index contributed by atoms with van der Waals surface area (Å²) in [5.41, 5.74) is 0. The second-order valence-corrected chi connectivity index (χ2v) is 3.95. The van der Waals surface area contributed by atoms with Crippen LogP contribution in [0.15, 0.2) is 12.7 Å². The predicted molar refractivity (Wildman–Crippen MR) is 63.7 cm³/mol. The van der Waals surface area contributed by atoms with Crippen LogP contribution in [0.5, 0.6) is 0 Å². The third-order valence-electron chi connectivity index (χ3n) is 2.10. The highest BCUT2D eigenvalue weighted by Crippen LogP contribution is 1.88. The molecule has 84 valence electrons. The Kier molecular flexibility index (Phi) is 8.94. The highest BCUT2D eigenvalue weighted by molar-refractivity contribution is 4.69. The van der Waals surface area contributed by atoms with Gasteiger partial charge in [-0.15, -0.1) is 6.58 Å². The third-order valence-corrected chi connectivity index (χ3v) is 2.10. The largest absolute Gasteiger partial charge is 0.312 e. The molecule has 0 aliphatic heterocycles. The van der Waals surface area contributed by atoms with Gasteiger partial charge in [-0.1, -0.05) is 6.08 Å². The van der Waals surface area contributed by atoms with Crippen LogP contribution in [0.3, 0.4) is 0 Å². The number of nitrogens with one attached hydrogen (secondary N) is 1. The Bertz CT molecular complexity index is 134. The molecule has 1 N–H and O–H groups in total. The minimum Gasteiger partial charge on any atom is -0.312 e. The molecule has 0 aliphatic carbocycles. The summed E-state index contributed by atoms with van der Waals surface area (Å²) >= 11 is 0. The van der Waals surface area contributed by atoms with Gasteiger partial charge in [-0.05, 0) is 40.7 Å². The lowest BCUT2D eigenvalue weighted by Gasteiger charge is -2.18. The molecular weight excluding hydrogens is 174 g/mol. The van der Waals surface area contributed by atoms with E-state index in [-0.39, 0.29) is 0 Å². The Balaban J connectivity index is 3.19. The van der Waals surface area contributed by atoms with Crippen molar-refractivity contribution in [1.82, 2.24) is 15.1 Å². The van der Waals surface area contributed by atoms with E-state index in [0.717, 1.165) is 19.6 Å². The average molecular weight is 199 g/mol. The Labute approximate surface area is 88.8 Å². The smallest absolute Gasteiger partial charge is 0.0132 e. The molecule has 0 spiro atoms. The van der Waals surface area contributed by atoms with E-state index in [9.17, 15) is 0 Å². The van der Waals surface area contributed by atoms with E-state index in [0.29, 0.717) is 0 Å². The van der Waals surface area contributed by atoms with Crippen molar-refractivity contribution < 1.29 is 0 Å². The van der Waals surface area contributed by atoms with Crippen molar-refractivity contribution in [3.05, 3.63) is 12.7 Å². The van der Waals surface area contributed by atoms with Crippen molar-refractivity contribution >= 4 is 0 Å². The van der Waals surface area contributed by atoms with Crippen LogP contribution in [0.4, 0.5) is 0 Å². The number of likely N-dealkylation sites (N-methyl/N-ethyl adjacent to an activating group) is 1. The first-order chi connectivity index (χ1) is 6.66. The number of hydrogen-bond acceptors (Lipinski definition) is 3. The lowest BCUT2D eigenvalue weighted by Crippen LogP contribution is -2.31. The number of hydrogen-bond donors (Lipinski definition) is 1. The minimum absolute atomic E-state index is 0.908. The van der Waals surface area contributed by atoms with Gasteiger partial charge in [0.15, 0.2) is 0 Å². The summed E-state index contributed by atoms with van der Waals surface area (Å²) in [6.45, 7) is 9.08. The van der Waals surface area contributed by atoms with Crippen LogP contribution in [-0.4, -0.2) is 63.7 Å². The second kappa shape index (κ2) is 9.19. The summed E-state index contributed by atoms with van der Waals surface area (Å²) in [6, 6.07) is 0. The summed E-state index contributed by atoms with van der Waals surface area (Å²) in [7, 11) is 6.41. The molecule has 0 rings (SSSR count). The van der Waals surface area contributed by atoms with Gasteiger partial charge in [-0.25, -0.2) is 0 Å². The Morgan fingerprint density at radius 3 is 2.43 bits per heavy atom. The lowest BCUT2D eigenvalue weighted by molar-refractivity contribution is 0.300. The van der Waals surface area contributed by atoms with Gasteiger partial charge >= 0.3 is 0 Å². The average Bonchev–Trinajstić information content (AvgIpc) is 2.12. The van der Waals surface area contributed by atoms with Gasteiger partial charge in [0.05, 0.1) is 0 Å². The van der Waals surface area contributed by atoms with Crippen molar-refractivity contribution in [1.29, 1.82) is 0 Å². The molecule has 0 fully saturated rings. The molecule has 0 atom stereocenters. The molecule has 0 aromatic carbocycles. The van der Waals surface area contributed by atoms with Gasteiger partial charge in [0.25, 0.3) is 0 Å². The molecule has 0 bridgehead atoms. The maximum absolute atomic E-state index is 3.66. The molecule has 14 heavy (non-hydrogen) atoms. The van der Waals surface area contributed by atoms with Gasteiger partial charge in [0.2, 0.25) is 0 Å². The zero-order valence-electron chi connectivity index (χ0n) is 9.92. The first-order valence-electron chi connectivity index (χ1n) is 5.31. The van der Waals surface area contributed by atoms with E-state index < -0.39 is 0 Å². The monoisotopic (exact) mass is 199 g/mol.